The zero-order valence-electron chi connectivity index (χ0n) is 14.2. The van der Waals surface area contributed by atoms with Gasteiger partial charge in [-0.15, -0.1) is 0 Å². The van der Waals surface area contributed by atoms with E-state index in [1.165, 1.54) is 0 Å². The summed E-state index contributed by atoms with van der Waals surface area (Å²) in [7, 11) is 0. The zero-order valence-corrected chi connectivity index (χ0v) is 14.2. The van der Waals surface area contributed by atoms with E-state index in [0.717, 1.165) is 32.4 Å². The SMILES string of the molecule is NC(=O)c1cccc(NC(=O)N2CCC[C@H](CN3CCCC3=O)C2)c1. The molecule has 1 atom stereocenters. The summed E-state index contributed by atoms with van der Waals surface area (Å²) in [5.41, 5.74) is 6.19. The van der Waals surface area contributed by atoms with E-state index in [9.17, 15) is 14.4 Å². The topological polar surface area (TPSA) is 95.7 Å². The van der Waals surface area contributed by atoms with Gasteiger partial charge in [0, 0.05) is 43.9 Å². The number of carbonyl (C=O) groups excluding carboxylic acids is 3. The monoisotopic (exact) mass is 344 g/mol. The van der Waals surface area contributed by atoms with Crippen molar-refractivity contribution in [3.8, 4) is 0 Å². The van der Waals surface area contributed by atoms with Crippen molar-refractivity contribution in [3.05, 3.63) is 29.8 Å². The van der Waals surface area contributed by atoms with Crippen molar-refractivity contribution in [1.82, 2.24) is 9.80 Å². The molecule has 0 aliphatic carbocycles. The standard InChI is InChI=1S/C18H24N4O3/c19-17(24)14-5-1-6-15(10-14)20-18(25)22-9-2-4-13(12-22)11-21-8-3-7-16(21)23/h1,5-6,10,13H,2-4,7-9,11-12H2,(H2,19,24)(H,20,25)/t13-/m1/s1. The first-order chi connectivity index (χ1) is 12.0. The Morgan fingerprint density at radius 1 is 1.24 bits per heavy atom. The molecule has 2 aliphatic heterocycles. The summed E-state index contributed by atoms with van der Waals surface area (Å²) < 4.78 is 0. The van der Waals surface area contributed by atoms with Gasteiger partial charge in [-0.1, -0.05) is 6.07 Å². The normalized spacial score (nSPS) is 20.6. The summed E-state index contributed by atoms with van der Waals surface area (Å²) in [6.07, 6.45) is 3.55. The molecule has 2 aliphatic rings. The third-order valence-corrected chi connectivity index (χ3v) is 4.85. The number of hydrogen-bond acceptors (Lipinski definition) is 3. The van der Waals surface area contributed by atoms with Gasteiger partial charge in [-0.3, -0.25) is 9.59 Å². The van der Waals surface area contributed by atoms with Gasteiger partial charge in [0.2, 0.25) is 11.8 Å². The molecule has 1 aromatic carbocycles. The van der Waals surface area contributed by atoms with Gasteiger partial charge >= 0.3 is 6.03 Å². The van der Waals surface area contributed by atoms with Crippen molar-refractivity contribution in [2.75, 3.05) is 31.5 Å². The number of primary amides is 1. The minimum Gasteiger partial charge on any atom is -0.366 e. The molecule has 2 fully saturated rings. The highest BCUT2D eigenvalue weighted by Gasteiger charge is 2.28. The maximum atomic E-state index is 12.5. The Balaban J connectivity index is 1.57. The number of amides is 4. The van der Waals surface area contributed by atoms with Gasteiger partial charge in [0.15, 0.2) is 0 Å². The molecule has 0 bridgehead atoms. The Morgan fingerprint density at radius 2 is 2.08 bits per heavy atom. The number of rotatable bonds is 4. The molecular formula is C18H24N4O3. The highest BCUT2D eigenvalue weighted by atomic mass is 16.2. The maximum absolute atomic E-state index is 12.5. The molecule has 25 heavy (non-hydrogen) atoms. The maximum Gasteiger partial charge on any atom is 0.321 e. The number of carbonyl (C=O) groups is 3. The van der Waals surface area contributed by atoms with Crippen molar-refractivity contribution in [2.24, 2.45) is 11.7 Å². The molecule has 134 valence electrons. The lowest BCUT2D eigenvalue weighted by atomic mass is 9.97. The first-order valence-electron chi connectivity index (χ1n) is 8.76. The number of hydrogen-bond donors (Lipinski definition) is 2. The smallest absolute Gasteiger partial charge is 0.321 e. The molecule has 0 radical (unpaired) electrons. The molecule has 7 nitrogen and oxygen atoms in total. The average Bonchev–Trinajstić information content (AvgIpc) is 3.00. The van der Waals surface area contributed by atoms with Gasteiger partial charge in [0.25, 0.3) is 0 Å². The molecule has 0 spiro atoms. The van der Waals surface area contributed by atoms with Crippen LogP contribution >= 0.6 is 0 Å². The lowest BCUT2D eigenvalue weighted by Gasteiger charge is -2.34. The Morgan fingerprint density at radius 3 is 2.80 bits per heavy atom. The molecule has 4 amide bonds. The summed E-state index contributed by atoms with van der Waals surface area (Å²) in [6, 6.07) is 6.42. The number of benzene rings is 1. The number of anilines is 1. The Labute approximate surface area is 147 Å². The minimum absolute atomic E-state index is 0.181. The van der Waals surface area contributed by atoms with Crippen LogP contribution in [-0.4, -0.2) is 53.8 Å². The zero-order chi connectivity index (χ0) is 17.8. The highest BCUT2D eigenvalue weighted by molar-refractivity contribution is 5.95. The average molecular weight is 344 g/mol. The first kappa shape index (κ1) is 17.3. The predicted octanol–water partition coefficient (Wildman–Crippen LogP) is 1.65. The molecule has 3 N–H and O–H groups in total. The molecular weight excluding hydrogens is 320 g/mol. The summed E-state index contributed by atoms with van der Waals surface area (Å²) in [4.78, 5) is 39.2. The molecule has 0 unspecified atom stereocenters. The van der Waals surface area contributed by atoms with E-state index < -0.39 is 5.91 Å². The van der Waals surface area contributed by atoms with Crippen LogP contribution in [0.15, 0.2) is 24.3 Å². The first-order valence-corrected chi connectivity index (χ1v) is 8.76. The third-order valence-electron chi connectivity index (χ3n) is 4.85. The summed E-state index contributed by atoms with van der Waals surface area (Å²) >= 11 is 0. The number of urea groups is 1. The van der Waals surface area contributed by atoms with E-state index in [1.54, 1.807) is 29.2 Å². The number of nitrogens with zero attached hydrogens (tertiary/aromatic N) is 2. The third kappa shape index (κ3) is 4.29. The van der Waals surface area contributed by atoms with Gasteiger partial charge < -0.3 is 20.9 Å². The highest BCUT2D eigenvalue weighted by Crippen LogP contribution is 2.21. The predicted molar refractivity (Wildman–Crippen MR) is 94.1 cm³/mol. The van der Waals surface area contributed by atoms with Crippen molar-refractivity contribution in [3.63, 3.8) is 0 Å². The Hall–Kier alpha value is -2.57. The van der Waals surface area contributed by atoms with Crippen LogP contribution in [0.5, 0.6) is 0 Å². The largest absolute Gasteiger partial charge is 0.366 e. The molecule has 2 saturated heterocycles. The summed E-state index contributed by atoms with van der Waals surface area (Å²) in [6.45, 7) is 2.91. The summed E-state index contributed by atoms with van der Waals surface area (Å²) in [5.74, 6) is 0.0211. The molecule has 2 heterocycles. The van der Waals surface area contributed by atoms with Crippen LogP contribution in [0, 0.1) is 5.92 Å². The molecule has 3 rings (SSSR count). The fraction of sp³-hybridized carbons (Fsp3) is 0.500. The lowest BCUT2D eigenvalue weighted by Crippen LogP contribution is -2.45. The van der Waals surface area contributed by atoms with Crippen LogP contribution < -0.4 is 11.1 Å². The van der Waals surface area contributed by atoms with Crippen molar-refractivity contribution in [2.45, 2.75) is 25.7 Å². The van der Waals surface area contributed by atoms with Gasteiger partial charge in [0.1, 0.15) is 0 Å². The van der Waals surface area contributed by atoms with Crippen molar-refractivity contribution in [1.29, 1.82) is 0 Å². The fourth-order valence-corrected chi connectivity index (χ4v) is 3.56. The molecule has 0 saturated carbocycles. The quantitative estimate of drug-likeness (QED) is 0.869. The second-order valence-corrected chi connectivity index (χ2v) is 6.77. The second-order valence-electron chi connectivity index (χ2n) is 6.77. The number of likely N-dealkylation sites (tertiary alicyclic amines) is 2. The molecule has 7 heteroatoms. The van der Waals surface area contributed by atoms with Crippen molar-refractivity contribution >= 4 is 23.5 Å². The Bertz CT molecular complexity index is 676. The van der Waals surface area contributed by atoms with Gasteiger partial charge in [-0.25, -0.2) is 4.79 Å². The molecule has 1 aromatic rings. The van der Waals surface area contributed by atoms with E-state index in [4.69, 9.17) is 5.73 Å². The van der Waals surface area contributed by atoms with Gasteiger partial charge in [-0.05, 0) is 43.4 Å². The lowest BCUT2D eigenvalue weighted by molar-refractivity contribution is -0.128. The van der Waals surface area contributed by atoms with E-state index in [-0.39, 0.29) is 11.9 Å². The molecule has 0 aromatic heterocycles. The van der Waals surface area contributed by atoms with E-state index in [2.05, 4.69) is 5.32 Å². The van der Waals surface area contributed by atoms with Gasteiger partial charge in [-0.2, -0.15) is 0 Å². The van der Waals surface area contributed by atoms with Crippen LogP contribution in [0.25, 0.3) is 0 Å². The van der Waals surface area contributed by atoms with Crippen molar-refractivity contribution < 1.29 is 14.4 Å². The minimum atomic E-state index is -0.524. The Kier molecular flexibility index (Phi) is 5.21. The number of nitrogens with two attached hydrogens (primary N) is 1. The van der Waals surface area contributed by atoms with E-state index >= 15 is 0 Å². The van der Waals surface area contributed by atoms with E-state index in [0.29, 0.717) is 36.7 Å². The number of piperidine rings is 1. The van der Waals surface area contributed by atoms with Crippen LogP contribution in [0.2, 0.25) is 0 Å². The fourth-order valence-electron chi connectivity index (χ4n) is 3.56. The summed E-state index contributed by atoms with van der Waals surface area (Å²) in [5, 5.41) is 2.83. The second kappa shape index (κ2) is 7.55. The number of nitrogens with one attached hydrogen (secondary N) is 1. The van der Waals surface area contributed by atoms with Crippen LogP contribution in [0.4, 0.5) is 10.5 Å². The van der Waals surface area contributed by atoms with E-state index in [1.807, 2.05) is 4.90 Å². The van der Waals surface area contributed by atoms with Crippen LogP contribution in [0.1, 0.15) is 36.0 Å². The van der Waals surface area contributed by atoms with Crippen LogP contribution in [0.3, 0.4) is 0 Å². The van der Waals surface area contributed by atoms with Crippen LogP contribution in [-0.2, 0) is 4.79 Å². The van der Waals surface area contributed by atoms with Gasteiger partial charge in [0.05, 0.1) is 0 Å².